The molecular weight excluding hydrogens is 432 g/mol. The van der Waals surface area contributed by atoms with Gasteiger partial charge in [-0.05, 0) is 78.6 Å². The van der Waals surface area contributed by atoms with Crippen LogP contribution in [0.3, 0.4) is 0 Å². The van der Waals surface area contributed by atoms with Crippen molar-refractivity contribution in [2.75, 3.05) is 13.1 Å². The molecule has 33 heavy (non-hydrogen) atoms. The van der Waals surface area contributed by atoms with Crippen LogP contribution in [0.25, 0.3) is 11.1 Å². The topological polar surface area (TPSA) is 66.5 Å². The van der Waals surface area contributed by atoms with E-state index in [1.807, 2.05) is 48.5 Å². The molecule has 3 aromatic rings. The van der Waals surface area contributed by atoms with E-state index < -0.39 is 10.0 Å². The van der Waals surface area contributed by atoms with Gasteiger partial charge in [0.05, 0.1) is 10.9 Å². The summed E-state index contributed by atoms with van der Waals surface area (Å²) in [5.74, 6) is -0.0909. The van der Waals surface area contributed by atoms with Gasteiger partial charge in [0, 0.05) is 18.7 Å². The van der Waals surface area contributed by atoms with E-state index in [-0.39, 0.29) is 11.9 Å². The maximum Gasteiger partial charge on any atom is 0.251 e. The van der Waals surface area contributed by atoms with Gasteiger partial charge in [-0.1, -0.05) is 48.5 Å². The highest BCUT2D eigenvalue weighted by molar-refractivity contribution is 7.89. The zero-order chi connectivity index (χ0) is 22.8. The molecule has 0 bridgehead atoms. The number of nitrogens with zero attached hydrogens (tertiary/aromatic N) is 1. The van der Waals surface area contributed by atoms with Crippen molar-refractivity contribution >= 4 is 15.9 Å². The molecule has 1 N–H and O–H groups in total. The van der Waals surface area contributed by atoms with Crippen molar-refractivity contribution in [3.05, 3.63) is 89.5 Å². The molecular formula is C27H28N2O3S. The third-order valence-corrected chi connectivity index (χ3v) is 8.60. The zero-order valence-electron chi connectivity index (χ0n) is 18.5. The van der Waals surface area contributed by atoms with E-state index in [9.17, 15) is 13.2 Å². The average Bonchev–Trinajstić information content (AvgIpc) is 3.41. The molecule has 0 saturated carbocycles. The maximum absolute atomic E-state index is 13.0. The van der Waals surface area contributed by atoms with Gasteiger partial charge in [-0.15, -0.1) is 0 Å². The molecule has 1 aliphatic carbocycles. The van der Waals surface area contributed by atoms with Crippen molar-refractivity contribution in [1.29, 1.82) is 0 Å². The van der Waals surface area contributed by atoms with Gasteiger partial charge in [-0.25, -0.2) is 8.42 Å². The van der Waals surface area contributed by atoms with E-state index in [1.54, 1.807) is 16.4 Å². The molecule has 5 nitrogen and oxygen atoms in total. The summed E-state index contributed by atoms with van der Waals surface area (Å²) < 4.78 is 27.1. The van der Waals surface area contributed by atoms with E-state index in [4.69, 9.17) is 0 Å². The van der Waals surface area contributed by atoms with Crippen LogP contribution in [0.4, 0.5) is 0 Å². The Morgan fingerprint density at radius 3 is 2.39 bits per heavy atom. The molecule has 5 rings (SSSR count). The Morgan fingerprint density at radius 2 is 1.61 bits per heavy atom. The summed E-state index contributed by atoms with van der Waals surface area (Å²) in [5, 5.41) is 3.21. The molecule has 1 fully saturated rings. The Morgan fingerprint density at radius 1 is 0.848 bits per heavy atom. The number of benzene rings is 3. The first-order valence-electron chi connectivity index (χ1n) is 11.6. The van der Waals surface area contributed by atoms with Gasteiger partial charge in [0.2, 0.25) is 10.0 Å². The number of nitrogens with one attached hydrogen (secondary N) is 1. The lowest BCUT2D eigenvalue weighted by atomic mass is 9.87. The fraction of sp³-hybridized carbons (Fsp3) is 0.296. The van der Waals surface area contributed by atoms with Crippen molar-refractivity contribution in [1.82, 2.24) is 9.62 Å². The van der Waals surface area contributed by atoms with Gasteiger partial charge in [-0.2, -0.15) is 4.31 Å². The molecule has 0 unspecified atom stereocenters. The predicted octanol–water partition coefficient (Wildman–Crippen LogP) is 4.95. The second kappa shape index (κ2) is 9.12. The van der Waals surface area contributed by atoms with E-state index in [1.165, 1.54) is 11.1 Å². The van der Waals surface area contributed by atoms with E-state index >= 15 is 0 Å². The minimum Gasteiger partial charge on any atom is -0.345 e. The Balaban J connectivity index is 1.34. The van der Waals surface area contributed by atoms with Gasteiger partial charge in [0.15, 0.2) is 0 Å². The predicted molar refractivity (Wildman–Crippen MR) is 129 cm³/mol. The van der Waals surface area contributed by atoms with Crippen LogP contribution in [0.1, 0.15) is 53.2 Å². The number of amides is 1. The Bertz CT molecular complexity index is 1260. The summed E-state index contributed by atoms with van der Waals surface area (Å²) in [7, 11) is -3.43. The third-order valence-electron chi connectivity index (χ3n) is 6.69. The van der Waals surface area contributed by atoms with Crippen molar-refractivity contribution in [3.8, 4) is 11.1 Å². The summed E-state index contributed by atoms with van der Waals surface area (Å²) >= 11 is 0. The second-order valence-electron chi connectivity index (χ2n) is 8.83. The smallest absolute Gasteiger partial charge is 0.251 e. The minimum absolute atomic E-state index is 0.0289. The van der Waals surface area contributed by atoms with Gasteiger partial charge < -0.3 is 5.32 Å². The van der Waals surface area contributed by atoms with E-state index in [0.29, 0.717) is 23.5 Å². The standard InChI is InChI=1S/C27H28N2O3S/c30-27(28-26-12-6-8-21-7-1-2-11-25(21)26)23-10-5-9-22(19-23)20-13-15-24(16-14-20)33(31,32)29-17-3-4-18-29/h1-2,5,7,9-11,13-16,19,26H,3-4,6,8,12,17-18H2,(H,28,30)/t26-/m1/s1. The monoisotopic (exact) mass is 460 g/mol. The Labute approximate surface area is 195 Å². The van der Waals surface area contributed by atoms with E-state index in [0.717, 1.165) is 43.2 Å². The highest BCUT2D eigenvalue weighted by atomic mass is 32.2. The quantitative estimate of drug-likeness (QED) is 0.586. The van der Waals surface area contributed by atoms with Crippen LogP contribution in [0, 0.1) is 0 Å². The Hall–Kier alpha value is -2.96. The van der Waals surface area contributed by atoms with Crippen molar-refractivity contribution in [2.24, 2.45) is 0 Å². The average molecular weight is 461 g/mol. The van der Waals surface area contributed by atoms with Crippen LogP contribution in [-0.2, 0) is 16.4 Å². The third kappa shape index (κ3) is 4.45. The first-order valence-corrected chi connectivity index (χ1v) is 13.1. The van der Waals surface area contributed by atoms with Crippen LogP contribution in [0.5, 0.6) is 0 Å². The van der Waals surface area contributed by atoms with Crippen molar-refractivity contribution in [3.63, 3.8) is 0 Å². The molecule has 1 atom stereocenters. The number of fused-ring (bicyclic) bond motifs is 1. The van der Waals surface area contributed by atoms with Crippen molar-refractivity contribution in [2.45, 2.75) is 43.0 Å². The number of hydrogen-bond acceptors (Lipinski definition) is 3. The summed E-state index contributed by atoms with van der Waals surface area (Å²) in [6, 6.07) is 22.8. The van der Waals surface area contributed by atoms with E-state index in [2.05, 4.69) is 17.4 Å². The lowest BCUT2D eigenvalue weighted by Crippen LogP contribution is -2.30. The molecule has 0 aromatic heterocycles. The number of hydrogen-bond donors (Lipinski definition) is 1. The summed E-state index contributed by atoms with van der Waals surface area (Å²) in [6.45, 7) is 1.18. The number of carbonyl (C=O) groups excluding carboxylic acids is 1. The first-order chi connectivity index (χ1) is 16.0. The molecule has 1 aliphatic heterocycles. The summed E-state index contributed by atoms with van der Waals surface area (Å²) in [5.41, 5.74) is 4.89. The minimum atomic E-state index is -3.43. The molecule has 1 heterocycles. The SMILES string of the molecule is O=C(N[C@@H]1CCCc2ccccc21)c1cccc(-c2ccc(S(=O)(=O)N3CCCC3)cc2)c1. The first kappa shape index (κ1) is 21.9. The number of carbonyl (C=O) groups is 1. The normalized spacial score (nSPS) is 18.6. The Kier molecular flexibility index (Phi) is 6.04. The fourth-order valence-electron chi connectivity index (χ4n) is 4.88. The highest BCUT2D eigenvalue weighted by Crippen LogP contribution is 2.30. The van der Waals surface area contributed by atoms with Crippen LogP contribution in [-0.4, -0.2) is 31.7 Å². The van der Waals surface area contributed by atoms with Gasteiger partial charge in [-0.3, -0.25) is 4.79 Å². The second-order valence-corrected chi connectivity index (χ2v) is 10.8. The molecule has 170 valence electrons. The van der Waals surface area contributed by atoms with Gasteiger partial charge in [0.1, 0.15) is 0 Å². The molecule has 3 aromatic carbocycles. The molecule has 0 radical (unpaired) electrons. The number of sulfonamides is 1. The lowest BCUT2D eigenvalue weighted by molar-refractivity contribution is 0.0932. The van der Waals surface area contributed by atoms with Crippen LogP contribution in [0.15, 0.2) is 77.7 Å². The number of rotatable bonds is 5. The zero-order valence-corrected chi connectivity index (χ0v) is 19.4. The largest absolute Gasteiger partial charge is 0.345 e. The van der Waals surface area contributed by atoms with Crippen molar-refractivity contribution < 1.29 is 13.2 Å². The molecule has 2 aliphatic rings. The van der Waals surface area contributed by atoms with Gasteiger partial charge >= 0.3 is 0 Å². The summed E-state index contributed by atoms with van der Waals surface area (Å²) in [4.78, 5) is 13.4. The van der Waals surface area contributed by atoms with Crippen LogP contribution >= 0.6 is 0 Å². The lowest BCUT2D eigenvalue weighted by Gasteiger charge is -2.26. The molecule has 1 saturated heterocycles. The van der Waals surface area contributed by atoms with Crippen LogP contribution < -0.4 is 5.32 Å². The highest BCUT2D eigenvalue weighted by Gasteiger charge is 2.27. The fourth-order valence-corrected chi connectivity index (χ4v) is 6.40. The molecule has 0 spiro atoms. The number of aryl methyl sites for hydroxylation is 1. The van der Waals surface area contributed by atoms with Crippen LogP contribution in [0.2, 0.25) is 0 Å². The summed E-state index contributed by atoms with van der Waals surface area (Å²) in [6.07, 6.45) is 4.89. The molecule has 1 amide bonds. The van der Waals surface area contributed by atoms with Gasteiger partial charge in [0.25, 0.3) is 5.91 Å². The molecule has 6 heteroatoms. The maximum atomic E-state index is 13.0.